The van der Waals surface area contributed by atoms with Gasteiger partial charge in [-0.2, -0.15) is 26.3 Å². The van der Waals surface area contributed by atoms with Crippen molar-refractivity contribution in [3.63, 3.8) is 0 Å². The van der Waals surface area contributed by atoms with Crippen LogP contribution in [0.25, 0.3) is 60.9 Å². The number of aromatic nitrogens is 2. The molecule has 0 radical (unpaired) electrons. The molecule has 0 saturated carbocycles. The van der Waals surface area contributed by atoms with Crippen LogP contribution in [0.1, 0.15) is 33.4 Å². The van der Waals surface area contributed by atoms with E-state index in [-0.39, 0.29) is 0 Å². The van der Waals surface area contributed by atoms with Crippen molar-refractivity contribution in [3.05, 3.63) is 143 Å². The Morgan fingerprint density at radius 3 is 1.46 bits per heavy atom. The van der Waals surface area contributed by atoms with Crippen LogP contribution in [-0.2, 0) is 0 Å². The van der Waals surface area contributed by atoms with Crippen molar-refractivity contribution in [2.24, 2.45) is 0 Å². The Labute approximate surface area is 276 Å². The highest BCUT2D eigenvalue weighted by atomic mass is 15.0. The van der Waals surface area contributed by atoms with E-state index in [1.165, 1.54) is 0 Å². The molecule has 7 heteroatoms. The summed E-state index contributed by atoms with van der Waals surface area (Å²) in [6.45, 7) is 1.98. The first-order valence-electron chi connectivity index (χ1n) is 14.9. The molecule has 0 aliphatic carbocycles. The number of benzene rings is 5. The van der Waals surface area contributed by atoms with Gasteiger partial charge in [0.15, 0.2) is 0 Å². The lowest BCUT2D eigenvalue weighted by molar-refractivity contribution is 1.15. The van der Waals surface area contributed by atoms with Gasteiger partial charge in [0, 0.05) is 34.4 Å². The van der Waals surface area contributed by atoms with Gasteiger partial charge in [0.05, 0.1) is 69.2 Å². The third-order valence-electron chi connectivity index (χ3n) is 8.61. The maximum absolute atomic E-state index is 10.0. The normalized spacial score (nSPS) is 10.5. The van der Waals surface area contributed by atoms with Crippen molar-refractivity contribution in [1.82, 2.24) is 9.55 Å². The standard InChI is InChI=1S/C41H21N7/c1-25-14-31(22-44)36(28-10-12-47-13-11-28)19-41(25)48-39-8-4-29(34-6-2-26(20-42)15-32(34)23-45)17-37(39)38-18-30(5-9-40(38)48)35-7-3-27(21-43)16-33(35)24-46/h2-19H,1H3. The molecule has 220 valence electrons. The summed E-state index contributed by atoms with van der Waals surface area (Å²) in [6.07, 6.45) is 3.41. The van der Waals surface area contributed by atoms with Crippen LogP contribution in [0.15, 0.2) is 109 Å². The minimum Gasteiger partial charge on any atom is -0.309 e. The number of hydrogen-bond acceptors (Lipinski definition) is 6. The first kappa shape index (κ1) is 29.2. The fraction of sp³-hybridized carbons (Fsp3) is 0.0244. The third kappa shape index (κ3) is 4.77. The maximum Gasteiger partial charge on any atom is 0.0998 e. The molecular formula is C41H21N7. The van der Waals surface area contributed by atoms with Crippen LogP contribution < -0.4 is 0 Å². The van der Waals surface area contributed by atoms with Crippen molar-refractivity contribution in [2.75, 3.05) is 0 Å². The van der Waals surface area contributed by atoms with Crippen LogP contribution in [0.2, 0.25) is 0 Å². The first-order chi connectivity index (χ1) is 23.5. The second-order valence-electron chi connectivity index (χ2n) is 11.3. The molecule has 7 rings (SSSR count). The van der Waals surface area contributed by atoms with Gasteiger partial charge in [0.25, 0.3) is 0 Å². The Morgan fingerprint density at radius 1 is 0.479 bits per heavy atom. The fourth-order valence-electron chi connectivity index (χ4n) is 6.33. The van der Waals surface area contributed by atoms with Crippen molar-refractivity contribution in [2.45, 2.75) is 6.92 Å². The molecule has 5 aromatic carbocycles. The topological polar surface area (TPSA) is 137 Å². The zero-order chi connectivity index (χ0) is 33.4. The van der Waals surface area contributed by atoms with Gasteiger partial charge in [0.2, 0.25) is 0 Å². The Balaban J connectivity index is 1.55. The molecule has 7 aromatic rings. The second kappa shape index (κ2) is 11.8. The van der Waals surface area contributed by atoms with Gasteiger partial charge < -0.3 is 4.57 Å². The molecule has 0 fully saturated rings. The highest BCUT2D eigenvalue weighted by molar-refractivity contribution is 6.12. The molecule has 2 heterocycles. The highest BCUT2D eigenvalue weighted by Gasteiger charge is 2.19. The van der Waals surface area contributed by atoms with Crippen molar-refractivity contribution >= 4 is 21.8 Å². The Kier molecular flexibility index (Phi) is 7.17. The van der Waals surface area contributed by atoms with E-state index in [1.54, 1.807) is 48.8 Å². The summed E-state index contributed by atoms with van der Waals surface area (Å²) in [4.78, 5) is 4.15. The molecule has 0 N–H and O–H groups in total. The van der Waals surface area contributed by atoms with Crippen LogP contribution in [0.5, 0.6) is 0 Å². The molecule has 0 bridgehead atoms. The predicted octanol–water partition coefficient (Wildman–Crippen LogP) is 8.85. The minimum absolute atomic E-state index is 0.402. The maximum atomic E-state index is 10.0. The third-order valence-corrected chi connectivity index (χ3v) is 8.61. The van der Waals surface area contributed by atoms with Crippen molar-refractivity contribution in [1.29, 1.82) is 26.3 Å². The van der Waals surface area contributed by atoms with E-state index in [2.05, 4.69) is 39.9 Å². The molecule has 0 unspecified atom stereocenters. The summed E-state index contributed by atoms with van der Waals surface area (Å²) in [6, 6.07) is 41.0. The largest absolute Gasteiger partial charge is 0.309 e. The van der Waals surface area contributed by atoms with Gasteiger partial charge in [-0.3, -0.25) is 4.98 Å². The van der Waals surface area contributed by atoms with Gasteiger partial charge in [-0.15, -0.1) is 0 Å². The molecule has 0 spiro atoms. The van der Waals surface area contributed by atoms with E-state index in [1.807, 2.05) is 67.6 Å². The van der Waals surface area contributed by atoms with Gasteiger partial charge in [-0.25, -0.2) is 0 Å². The Bertz CT molecular complexity index is 2550. The van der Waals surface area contributed by atoms with Crippen LogP contribution >= 0.6 is 0 Å². The molecule has 2 aromatic heterocycles. The molecular weight excluding hydrogens is 591 g/mol. The van der Waals surface area contributed by atoms with Gasteiger partial charge in [-0.1, -0.05) is 24.3 Å². The molecule has 0 aliphatic rings. The van der Waals surface area contributed by atoms with E-state index in [4.69, 9.17) is 0 Å². The molecule has 48 heavy (non-hydrogen) atoms. The minimum atomic E-state index is 0.402. The van der Waals surface area contributed by atoms with Crippen molar-refractivity contribution in [3.8, 4) is 69.4 Å². The smallest absolute Gasteiger partial charge is 0.0998 e. The molecule has 0 aliphatic heterocycles. The number of aryl methyl sites for hydroxylation is 1. The molecule has 0 atom stereocenters. The average molecular weight is 612 g/mol. The summed E-state index contributed by atoms with van der Waals surface area (Å²) < 4.78 is 2.17. The number of fused-ring (bicyclic) bond motifs is 3. The number of pyridine rings is 1. The SMILES string of the molecule is Cc1cc(C#N)c(-c2ccncc2)cc1-n1c2ccc(-c3ccc(C#N)cc3C#N)cc2c2cc(-c3ccc(C#N)cc3C#N)ccc21. The monoisotopic (exact) mass is 611 g/mol. The Hall–Kier alpha value is -7.50. The second-order valence-corrected chi connectivity index (χ2v) is 11.3. The summed E-state index contributed by atoms with van der Waals surface area (Å²) in [7, 11) is 0. The lowest BCUT2D eigenvalue weighted by atomic mass is 9.95. The number of rotatable bonds is 4. The highest BCUT2D eigenvalue weighted by Crippen LogP contribution is 2.40. The van der Waals surface area contributed by atoms with E-state index < -0.39 is 0 Å². The summed E-state index contributed by atoms with van der Waals surface area (Å²) in [5, 5.41) is 50.6. The fourth-order valence-corrected chi connectivity index (χ4v) is 6.33. The lowest BCUT2D eigenvalue weighted by Gasteiger charge is -2.15. The van der Waals surface area contributed by atoms with Crippen LogP contribution in [0.3, 0.4) is 0 Å². The number of nitrogens with zero attached hydrogens (tertiary/aromatic N) is 7. The van der Waals surface area contributed by atoms with E-state index in [9.17, 15) is 26.3 Å². The van der Waals surface area contributed by atoms with Gasteiger partial charge in [-0.05, 0) is 113 Å². The predicted molar refractivity (Wildman–Crippen MR) is 183 cm³/mol. The average Bonchev–Trinajstić information content (AvgIpc) is 3.47. The van der Waals surface area contributed by atoms with Gasteiger partial charge in [0.1, 0.15) is 0 Å². The first-order valence-corrected chi connectivity index (χ1v) is 14.9. The summed E-state index contributed by atoms with van der Waals surface area (Å²) in [5.74, 6) is 0. The molecule has 0 saturated heterocycles. The van der Waals surface area contributed by atoms with E-state index in [0.29, 0.717) is 38.9 Å². The molecule has 0 amide bonds. The van der Waals surface area contributed by atoms with Crippen LogP contribution in [0, 0.1) is 63.6 Å². The van der Waals surface area contributed by atoms with E-state index in [0.717, 1.165) is 55.3 Å². The zero-order valence-electron chi connectivity index (χ0n) is 25.5. The lowest BCUT2D eigenvalue weighted by Crippen LogP contribution is -2.00. The molecule has 7 nitrogen and oxygen atoms in total. The van der Waals surface area contributed by atoms with Crippen LogP contribution in [-0.4, -0.2) is 9.55 Å². The Morgan fingerprint density at radius 2 is 0.979 bits per heavy atom. The number of hydrogen-bond donors (Lipinski definition) is 0. The summed E-state index contributed by atoms with van der Waals surface area (Å²) in [5.41, 5.74) is 10.5. The number of nitriles is 5. The van der Waals surface area contributed by atoms with Gasteiger partial charge >= 0.3 is 0 Å². The van der Waals surface area contributed by atoms with E-state index >= 15 is 0 Å². The van der Waals surface area contributed by atoms with Crippen LogP contribution in [0.4, 0.5) is 0 Å². The summed E-state index contributed by atoms with van der Waals surface area (Å²) >= 11 is 0. The zero-order valence-corrected chi connectivity index (χ0v) is 25.5. The van der Waals surface area contributed by atoms with Crippen molar-refractivity contribution < 1.29 is 0 Å². The quantitative estimate of drug-likeness (QED) is 0.195.